The number of carbonyl (C=O) groups is 1. The summed E-state index contributed by atoms with van der Waals surface area (Å²) in [6, 6.07) is 22.4. The molecule has 2 atom stereocenters. The number of thiophene rings is 1. The van der Waals surface area contributed by atoms with Crippen molar-refractivity contribution in [2.45, 2.75) is 51.0 Å². The van der Waals surface area contributed by atoms with Crippen molar-refractivity contribution in [3.63, 3.8) is 0 Å². The average molecular weight is 548 g/mol. The highest BCUT2D eigenvalue weighted by atomic mass is 32.2. The molecule has 0 bridgehead atoms. The second-order valence-corrected chi connectivity index (χ2v) is 13.4. The summed E-state index contributed by atoms with van der Waals surface area (Å²) in [5, 5.41) is 2.17. The Morgan fingerprint density at radius 2 is 1.68 bits per heavy atom. The topological polar surface area (TPSA) is 70.6 Å². The van der Waals surface area contributed by atoms with Crippen molar-refractivity contribution in [2.24, 2.45) is 0 Å². The van der Waals surface area contributed by atoms with E-state index in [2.05, 4.69) is 40.8 Å². The van der Waals surface area contributed by atoms with Gasteiger partial charge < -0.3 is 14.0 Å². The van der Waals surface area contributed by atoms with Crippen LogP contribution in [0, 0.1) is 11.8 Å². The summed E-state index contributed by atoms with van der Waals surface area (Å²) >= 11 is 0.327. The van der Waals surface area contributed by atoms with Crippen LogP contribution in [0.3, 0.4) is 0 Å². The molecule has 1 heterocycles. The molecule has 0 spiro atoms. The molecule has 1 N–H and O–H groups in total. The largest absolute Gasteiger partial charge is 0.598 e. The Morgan fingerprint density at radius 1 is 1.00 bits per heavy atom. The van der Waals surface area contributed by atoms with Crippen LogP contribution in [0.5, 0.6) is 0 Å². The summed E-state index contributed by atoms with van der Waals surface area (Å²) in [6.45, 7) is 8.49. The average Bonchev–Trinajstić information content (AvgIpc) is 3.25. The summed E-state index contributed by atoms with van der Waals surface area (Å²) in [7, 11) is 1.37. The van der Waals surface area contributed by atoms with E-state index in [0.29, 0.717) is 13.2 Å². The molecule has 0 radical (unpaired) electrons. The Bertz CT molecular complexity index is 1480. The number of esters is 1. The van der Waals surface area contributed by atoms with E-state index >= 15 is 0 Å². The van der Waals surface area contributed by atoms with Crippen molar-refractivity contribution in [3.8, 4) is 11.8 Å². The normalized spacial score (nSPS) is 14.1. The molecule has 3 aromatic carbocycles. The van der Waals surface area contributed by atoms with Crippen molar-refractivity contribution in [3.05, 3.63) is 83.4 Å². The second kappa shape index (κ2) is 11.9. The Labute approximate surface area is 231 Å². The lowest BCUT2D eigenvalue weighted by molar-refractivity contribution is -0.142. The fourth-order valence-electron chi connectivity index (χ4n) is 4.05. The summed E-state index contributed by atoms with van der Waals surface area (Å²) in [6.07, 6.45) is 0.0542. The number of methoxy groups -OCH3 is 1. The summed E-state index contributed by atoms with van der Waals surface area (Å²) in [5.74, 6) is 5.96. The van der Waals surface area contributed by atoms with Gasteiger partial charge in [0.25, 0.3) is 0 Å². The number of carbonyl (C=O) groups excluding carboxylic acids is 1. The van der Waals surface area contributed by atoms with Crippen molar-refractivity contribution in [2.75, 3.05) is 13.7 Å². The van der Waals surface area contributed by atoms with Crippen molar-refractivity contribution < 1.29 is 18.8 Å². The molecule has 7 heteroatoms. The van der Waals surface area contributed by atoms with Crippen LogP contribution < -0.4 is 4.72 Å². The fraction of sp³-hybridized carbons (Fsp3) is 0.323. The third-order valence-electron chi connectivity index (χ3n) is 6.22. The van der Waals surface area contributed by atoms with Gasteiger partial charge in [-0.25, -0.2) is 0 Å². The fourth-order valence-corrected chi connectivity index (χ4v) is 6.02. The van der Waals surface area contributed by atoms with Crippen LogP contribution in [0.2, 0.25) is 0 Å². The number of hydrogen-bond acceptors (Lipinski definition) is 6. The van der Waals surface area contributed by atoms with Gasteiger partial charge in [0.2, 0.25) is 0 Å². The molecule has 0 amide bonds. The molecule has 0 saturated heterocycles. The highest BCUT2D eigenvalue weighted by molar-refractivity contribution is 7.90. The molecule has 0 saturated carbocycles. The summed E-state index contributed by atoms with van der Waals surface area (Å²) < 4.78 is 28.7. The number of hydrogen-bond donors (Lipinski definition) is 1. The van der Waals surface area contributed by atoms with Crippen LogP contribution >= 0.6 is 11.3 Å². The van der Waals surface area contributed by atoms with E-state index in [9.17, 15) is 9.35 Å². The molecule has 0 unspecified atom stereocenters. The van der Waals surface area contributed by atoms with Gasteiger partial charge in [0.05, 0.1) is 25.7 Å². The minimum absolute atomic E-state index is 0.0542. The Morgan fingerprint density at radius 3 is 2.37 bits per heavy atom. The Kier molecular flexibility index (Phi) is 8.81. The molecule has 0 aliphatic heterocycles. The van der Waals surface area contributed by atoms with Crippen molar-refractivity contribution in [1.29, 1.82) is 0 Å². The highest BCUT2D eigenvalue weighted by Gasteiger charge is 2.39. The van der Waals surface area contributed by atoms with Gasteiger partial charge in [-0.05, 0) is 69.2 Å². The highest BCUT2D eigenvalue weighted by Crippen LogP contribution is 2.38. The zero-order chi connectivity index (χ0) is 27.3. The first-order chi connectivity index (χ1) is 18.1. The lowest BCUT2D eigenvalue weighted by atomic mass is 9.89. The minimum Gasteiger partial charge on any atom is -0.598 e. The maximum atomic E-state index is 13.0. The van der Waals surface area contributed by atoms with Gasteiger partial charge in [0.1, 0.15) is 11.4 Å². The maximum absolute atomic E-state index is 13.0. The van der Waals surface area contributed by atoms with Gasteiger partial charge in [0.15, 0.2) is 0 Å². The first-order valence-corrected chi connectivity index (χ1v) is 14.4. The summed E-state index contributed by atoms with van der Waals surface area (Å²) in [5.41, 5.74) is 2.03. The molecule has 0 aliphatic rings. The van der Waals surface area contributed by atoms with E-state index in [1.807, 2.05) is 70.2 Å². The van der Waals surface area contributed by atoms with Gasteiger partial charge in [0, 0.05) is 37.1 Å². The second-order valence-electron chi connectivity index (χ2n) is 10.4. The molecular weight excluding hydrogens is 514 g/mol. The molecule has 1 aromatic heterocycles. The van der Waals surface area contributed by atoms with Crippen molar-refractivity contribution in [1.82, 2.24) is 4.72 Å². The molecule has 4 rings (SSSR count). The molecule has 0 fully saturated rings. The smallest absolute Gasteiger partial charge is 0.307 e. The van der Waals surface area contributed by atoms with E-state index in [-0.39, 0.29) is 12.4 Å². The molecule has 198 valence electrons. The monoisotopic (exact) mass is 547 g/mol. The molecular formula is C31H33NO4S2. The van der Waals surface area contributed by atoms with E-state index in [4.69, 9.17) is 9.47 Å². The van der Waals surface area contributed by atoms with Gasteiger partial charge >= 0.3 is 5.97 Å². The van der Waals surface area contributed by atoms with Crippen molar-refractivity contribution >= 4 is 48.8 Å². The van der Waals surface area contributed by atoms with Crippen LogP contribution in [-0.4, -0.2) is 29.0 Å². The van der Waals surface area contributed by atoms with E-state index < -0.39 is 21.6 Å². The molecule has 38 heavy (non-hydrogen) atoms. The van der Waals surface area contributed by atoms with E-state index in [1.54, 1.807) is 11.3 Å². The number of ether oxygens (including phenoxy) is 2. The van der Waals surface area contributed by atoms with Gasteiger partial charge in [-0.3, -0.25) is 4.79 Å². The predicted molar refractivity (Wildman–Crippen MR) is 157 cm³/mol. The third-order valence-corrected chi connectivity index (χ3v) is 9.12. The zero-order valence-corrected chi connectivity index (χ0v) is 24.1. The molecule has 0 aliphatic carbocycles. The first-order valence-electron chi connectivity index (χ1n) is 12.4. The van der Waals surface area contributed by atoms with Gasteiger partial charge in [-0.15, -0.1) is 16.1 Å². The number of benzene rings is 3. The van der Waals surface area contributed by atoms with Crippen LogP contribution in [0.4, 0.5) is 0 Å². The standard InChI is InChI=1S/C31H33NO4S2/c1-30(2,3)38(34)32-31(4,20-29(33)35-5)24-14-16-28-26(19-24)25-18-22(13-15-27(25)37-28)12-9-17-36-21-23-10-7-6-8-11-23/h6-8,10-11,13-16,18-19,32H,17,20-21H2,1-5H3/t31-,38+/m0/s1. The number of rotatable bonds is 8. The maximum Gasteiger partial charge on any atom is 0.307 e. The predicted octanol–water partition coefficient (Wildman–Crippen LogP) is 6.45. The van der Waals surface area contributed by atoms with E-state index in [1.165, 1.54) is 7.11 Å². The lowest BCUT2D eigenvalue weighted by Gasteiger charge is -2.34. The van der Waals surface area contributed by atoms with Gasteiger partial charge in [-0.1, -0.05) is 48.2 Å². The Hall–Kier alpha value is -2.86. The van der Waals surface area contributed by atoms with Crippen LogP contribution in [0.1, 0.15) is 50.8 Å². The Balaban J connectivity index is 1.62. The third kappa shape index (κ3) is 6.76. The lowest BCUT2D eigenvalue weighted by Crippen LogP contribution is -2.50. The molecule has 4 aromatic rings. The van der Waals surface area contributed by atoms with Crippen LogP contribution in [0.25, 0.3) is 20.2 Å². The zero-order valence-electron chi connectivity index (χ0n) is 22.4. The minimum atomic E-state index is -1.38. The molecule has 5 nitrogen and oxygen atoms in total. The number of nitrogens with one attached hydrogen (secondary N) is 1. The first kappa shape index (κ1) is 28.2. The van der Waals surface area contributed by atoms with Crippen LogP contribution in [-0.2, 0) is 37.8 Å². The SMILES string of the molecule is COC(=O)C[C@](C)(N[S@+]([O-])C(C)(C)C)c1ccc2sc3ccc(C#CCOCc4ccccc4)cc3c2c1. The quantitative estimate of drug-likeness (QED) is 0.119. The van der Waals surface area contributed by atoms with Gasteiger partial charge in [-0.2, -0.15) is 0 Å². The van der Waals surface area contributed by atoms with Crippen LogP contribution in [0.15, 0.2) is 66.7 Å². The number of fused-ring (bicyclic) bond motifs is 3. The summed E-state index contributed by atoms with van der Waals surface area (Å²) in [4.78, 5) is 12.3. The van der Waals surface area contributed by atoms with E-state index in [0.717, 1.165) is 36.9 Å².